The Labute approximate surface area is 463 Å². The monoisotopic (exact) mass is 1010 g/mol. The maximum absolute atomic E-state index is 7.12. The van der Waals surface area contributed by atoms with Crippen LogP contribution in [0.25, 0.3) is 99.5 Å². The van der Waals surface area contributed by atoms with Crippen LogP contribution in [-0.4, -0.2) is 0 Å². The molecule has 0 amide bonds. The van der Waals surface area contributed by atoms with Gasteiger partial charge in [0.05, 0.1) is 16.5 Å². The van der Waals surface area contributed by atoms with Gasteiger partial charge in [0.15, 0.2) is 0 Å². The number of furan rings is 1. The van der Waals surface area contributed by atoms with Gasteiger partial charge >= 0.3 is 0 Å². The van der Waals surface area contributed by atoms with E-state index in [1.165, 1.54) is 100 Å². The standard InChI is InChI=1S/C78H47NO/c1-2-20-48(21-3-1)49-22-18-23-50(44-49)53-32-19-39-74-75(53)64-47-73(62-30-4-5-31-63(62)76(64)80-74)79(51-40-42-60-58-28-10-16-37-69(58)77(71(60)45-51)65-33-12-6-24-54(65)55-25-7-13-34-66(55)77)52-41-43-61-59-29-11-17-38-70(59)78(72(61)46-52)67-35-14-8-26-56(67)57-27-9-15-36-68(57)78/h1-47H. The molecule has 2 heteroatoms. The molecular weight excluding hydrogens is 967 g/mol. The molecule has 0 saturated heterocycles. The summed E-state index contributed by atoms with van der Waals surface area (Å²) in [5.74, 6) is 0. The number of fused-ring (bicyclic) bond motifs is 25. The highest BCUT2D eigenvalue weighted by atomic mass is 16.3. The summed E-state index contributed by atoms with van der Waals surface area (Å²) in [4.78, 5) is 2.58. The van der Waals surface area contributed by atoms with Gasteiger partial charge < -0.3 is 9.32 Å². The third kappa shape index (κ3) is 5.57. The topological polar surface area (TPSA) is 16.4 Å². The predicted molar refractivity (Wildman–Crippen MR) is 329 cm³/mol. The van der Waals surface area contributed by atoms with Crippen molar-refractivity contribution in [2.24, 2.45) is 0 Å². The van der Waals surface area contributed by atoms with E-state index in [9.17, 15) is 0 Å². The molecular formula is C78H47NO. The van der Waals surface area contributed by atoms with Gasteiger partial charge in [-0.3, -0.25) is 0 Å². The summed E-state index contributed by atoms with van der Waals surface area (Å²) in [6.07, 6.45) is 0. The van der Waals surface area contributed by atoms with Crippen LogP contribution in [0.1, 0.15) is 44.5 Å². The third-order valence-corrected chi connectivity index (χ3v) is 18.5. The molecule has 4 aliphatic carbocycles. The molecule has 0 bridgehead atoms. The van der Waals surface area contributed by atoms with Crippen LogP contribution in [0.15, 0.2) is 290 Å². The SMILES string of the molecule is c1ccc(-c2cccc(-c3cccc4oc5c6ccccc6c(N(c6ccc7c(c6)C6(c8ccccc8-c8ccccc86)c6ccccc6-7)c6ccc7c(c6)C6(c8ccccc8-c8ccccc86)c6ccccc6-7)cc5c34)c2)cc1. The van der Waals surface area contributed by atoms with Gasteiger partial charge in [-0.2, -0.15) is 0 Å². The molecule has 0 saturated carbocycles. The Hall–Kier alpha value is -10.3. The Morgan fingerprint density at radius 2 is 0.637 bits per heavy atom. The highest BCUT2D eigenvalue weighted by molar-refractivity contribution is 6.23. The van der Waals surface area contributed by atoms with Crippen LogP contribution < -0.4 is 4.90 Å². The molecule has 80 heavy (non-hydrogen) atoms. The minimum atomic E-state index is -0.530. The van der Waals surface area contributed by atoms with Crippen LogP contribution in [-0.2, 0) is 10.8 Å². The van der Waals surface area contributed by atoms with Crippen LogP contribution in [0, 0.1) is 0 Å². The van der Waals surface area contributed by atoms with Crippen molar-refractivity contribution in [3.63, 3.8) is 0 Å². The molecule has 0 radical (unpaired) electrons. The van der Waals surface area contributed by atoms with E-state index in [-0.39, 0.29) is 0 Å². The summed E-state index contributed by atoms with van der Waals surface area (Å²) < 4.78 is 7.12. The molecule has 14 aromatic rings. The third-order valence-electron chi connectivity index (χ3n) is 18.5. The van der Waals surface area contributed by atoms with Crippen LogP contribution >= 0.6 is 0 Å². The predicted octanol–water partition coefficient (Wildman–Crippen LogP) is 20.2. The minimum Gasteiger partial charge on any atom is -0.455 e. The van der Waals surface area contributed by atoms with Gasteiger partial charge in [0.2, 0.25) is 0 Å². The molecule has 0 atom stereocenters. The molecule has 0 fully saturated rings. The zero-order valence-electron chi connectivity index (χ0n) is 43.5. The maximum Gasteiger partial charge on any atom is 0.143 e. The minimum absolute atomic E-state index is 0.530. The quantitative estimate of drug-likeness (QED) is 0.171. The van der Waals surface area contributed by atoms with Crippen molar-refractivity contribution in [3.05, 3.63) is 330 Å². The lowest BCUT2D eigenvalue weighted by Gasteiger charge is -2.34. The number of rotatable bonds is 5. The molecule has 13 aromatic carbocycles. The molecule has 1 aromatic heterocycles. The van der Waals surface area contributed by atoms with Crippen LogP contribution in [0.2, 0.25) is 0 Å². The molecule has 370 valence electrons. The Morgan fingerprint density at radius 3 is 1.14 bits per heavy atom. The molecule has 0 unspecified atom stereocenters. The fourth-order valence-corrected chi connectivity index (χ4v) is 15.4. The van der Waals surface area contributed by atoms with Gasteiger partial charge in [0.1, 0.15) is 11.2 Å². The smallest absolute Gasteiger partial charge is 0.143 e. The first kappa shape index (κ1) is 43.8. The molecule has 4 aliphatic rings. The summed E-state index contributed by atoms with van der Waals surface area (Å²) in [5, 5.41) is 4.35. The molecule has 18 rings (SSSR count). The van der Waals surface area contributed by atoms with Crippen molar-refractivity contribution in [3.8, 4) is 66.8 Å². The van der Waals surface area contributed by atoms with Gasteiger partial charge in [-0.1, -0.05) is 243 Å². The Bertz CT molecular complexity index is 4660. The highest BCUT2D eigenvalue weighted by Crippen LogP contribution is 2.66. The summed E-state index contributed by atoms with van der Waals surface area (Å²) in [6, 6.07) is 107. The van der Waals surface area contributed by atoms with Crippen molar-refractivity contribution in [2.45, 2.75) is 10.8 Å². The average Bonchev–Trinajstić information content (AvgIpc) is 3.90. The first-order valence-electron chi connectivity index (χ1n) is 27.9. The van der Waals surface area contributed by atoms with E-state index in [4.69, 9.17) is 4.42 Å². The first-order valence-corrected chi connectivity index (χ1v) is 27.9. The summed E-state index contributed by atoms with van der Waals surface area (Å²) in [5.41, 5.74) is 29.4. The van der Waals surface area contributed by atoms with E-state index in [1.54, 1.807) is 0 Å². The molecule has 1 heterocycles. The van der Waals surface area contributed by atoms with Crippen molar-refractivity contribution >= 4 is 49.8 Å². The summed E-state index contributed by atoms with van der Waals surface area (Å²) in [6.45, 7) is 0. The van der Waals surface area contributed by atoms with E-state index in [0.29, 0.717) is 0 Å². The largest absolute Gasteiger partial charge is 0.455 e. The van der Waals surface area contributed by atoms with E-state index < -0.39 is 10.8 Å². The Kier molecular flexibility index (Phi) is 8.83. The van der Waals surface area contributed by atoms with Gasteiger partial charge in [-0.25, -0.2) is 0 Å². The fraction of sp³-hybridized carbons (Fsp3) is 0.0256. The number of benzene rings is 13. The van der Waals surface area contributed by atoms with E-state index in [2.05, 4.69) is 290 Å². The van der Waals surface area contributed by atoms with Crippen molar-refractivity contribution in [2.75, 3.05) is 4.90 Å². The highest BCUT2D eigenvalue weighted by Gasteiger charge is 2.53. The molecule has 2 nitrogen and oxygen atoms in total. The number of hydrogen-bond acceptors (Lipinski definition) is 2. The van der Waals surface area contributed by atoms with Crippen LogP contribution in [0.3, 0.4) is 0 Å². The second-order valence-electron chi connectivity index (χ2n) is 22.1. The van der Waals surface area contributed by atoms with Crippen molar-refractivity contribution in [1.82, 2.24) is 0 Å². The molecule has 0 N–H and O–H groups in total. The Morgan fingerprint density at radius 1 is 0.250 bits per heavy atom. The van der Waals surface area contributed by atoms with Crippen LogP contribution in [0.5, 0.6) is 0 Å². The average molecular weight is 1010 g/mol. The van der Waals surface area contributed by atoms with Crippen molar-refractivity contribution in [1.29, 1.82) is 0 Å². The van der Waals surface area contributed by atoms with Crippen LogP contribution in [0.4, 0.5) is 17.1 Å². The summed E-state index contributed by atoms with van der Waals surface area (Å²) >= 11 is 0. The van der Waals surface area contributed by atoms with E-state index >= 15 is 0 Å². The van der Waals surface area contributed by atoms with E-state index in [1.807, 2.05) is 0 Å². The summed E-state index contributed by atoms with van der Waals surface area (Å²) in [7, 11) is 0. The lowest BCUT2D eigenvalue weighted by Crippen LogP contribution is -2.26. The van der Waals surface area contributed by atoms with Gasteiger partial charge in [-0.05, 0) is 154 Å². The second kappa shape index (κ2) is 16.1. The molecule has 2 spiro atoms. The van der Waals surface area contributed by atoms with Gasteiger partial charge in [-0.15, -0.1) is 0 Å². The molecule has 0 aliphatic heterocycles. The fourth-order valence-electron chi connectivity index (χ4n) is 15.4. The first-order chi connectivity index (χ1) is 39.7. The van der Waals surface area contributed by atoms with Gasteiger partial charge in [0, 0.05) is 32.9 Å². The second-order valence-corrected chi connectivity index (χ2v) is 22.1. The lowest BCUT2D eigenvalue weighted by atomic mass is 9.70. The van der Waals surface area contributed by atoms with E-state index in [0.717, 1.165) is 60.9 Å². The maximum atomic E-state index is 7.12. The van der Waals surface area contributed by atoms with Gasteiger partial charge in [0.25, 0.3) is 0 Å². The number of hydrogen-bond donors (Lipinski definition) is 0. The zero-order chi connectivity index (χ0) is 52.3. The number of anilines is 3. The lowest BCUT2D eigenvalue weighted by molar-refractivity contribution is 0.673. The zero-order valence-corrected chi connectivity index (χ0v) is 43.5. The Balaban J connectivity index is 0.946. The normalized spacial score (nSPS) is 13.9. The van der Waals surface area contributed by atoms with Crippen molar-refractivity contribution < 1.29 is 4.42 Å². The number of nitrogens with zero attached hydrogens (tertiary/aromatic N) is 1.